The van der Waals surface area contributed by atoms with Gasteiger partial charge in [0.2, 0.25) is 5.91 Å². The van der Waals surface area contributed by atoms with Gasteiger partial charge in [-0.15, -0.1) is 0 Å². The quantitative estimate of drug-likeness (QED) is 0.656. The number of carbonyl (C=O) groups is 1. The molecular formula is C21H21ClFN3OS. The highest BCUT2D eigenvalue weighted by molar-refractivity contribution is 7.22. The van der Waals surface area contributed by atoms with Gasteiger partial charge >= 0.3 is 0 Å². The Labute approximate surface area is 172 Å². The van der Waals surface area contributed by atoms with Crippen molar-refractivity contribution in [3.8, 4) is 0 Å². The van der Waals surface area contributed by atoms with Crippen molar-refractivity contribution in [3.63, 3.8) is 0 Å². The van der Waals surface area contributed by atoms with E-state index < -0.39 is 0 Å². The fourth-order valence-electron chi connectivity index (χ4n) is 3.53. The molecule has 0 bridgehead atoms. The smallest absolute Gasteiger partial charge is 0.224 e. The van der Waals surface area contributed by atoms with E-state index in [4.69, 9.17) is 11.6 Å². The molecule has 0 radical (unpaired) electrons. The first-order chi connectivity index (χ1) is 13.6. The Morgan fingerprint density at radius 1 is 1.29 bits per heavy atom. The second-order valence-electron chi connectivity index (χ2n) is 7.04. The highest BCUT2D eigenvalue weighted by Gasteiger charge is 2.27. The summed E-state index contributed by atoms with van der Waals surface area (Å²) in [6, 6.07) is 12.7. The monoisotopic (exact) mass is 417 g/mol. The number of rotatable bonds is 5. The number of carbonyl (C=O) groups excluding carboxylic acids is 1. The zero-order valence-corrected chi connectivity index (χ0v) is 16.9. The van der Waals surface area contributed by atoms with Gasteiger partial charge in [-0.2, -0.15) is 0 Å². The average Bonchev–Trinajstić information content (AvgIpc) is 3.15. The average molecular weight is 418 g/mol. The van der Waals surface area contributed by atoms with E-state index in [-0.39, 0.29) is 17.6 Å². The number of hydrogen-bond donors (Lipinski definition) is 1. The Balaban J connectivity index is 1.35. The lowest BCUT2D eigenvalue weighted by atomic mass is 9.97. The number of para-hydroxylation sites is 1. The van der Waals surface area contributed by atoms with Crippen LogP contribution >= 0.6 is 22.9 Å². The van der Waals surface area contributed by atoms with Crippen LogP contribution in [0.4, 0.5) is 9.52 Å². The molecule has 1 atom stereocenters. The maximum absolute atomic E-state index is 13.9. The number of nitrogens with one attached hydrogen (secondary N) is 1. The van der Waals surface area contributed by atoms with Crippen molar-refractivity contribution in [2.45, 2.75) is 19.3 Å². The maximum Gasteiger partial charge on any atom is 0.224 e. The summed E-state index contributed by atoms with van der Waals surface area (Å²) in [5.41, 5.74) is 1.56. The zero-order chi connectivity index (χ0) is 19.5. The van der Waals surface area contributed by atoms with Gasteiger partial charge in [-0.3, -0.25) is 4.79 Å². The topological polar surface area (TPSA) is 45.2 Å². The largest absolute Gasteiger partial charge is 0.355 e. The van der Waals surface area contributed by atoms with Crippen LogP contribution in [-0.2, 0) is 11.2 Å². The summed E-state index contributed by atoms with van der Waals surface area (Å²) in [5, 5.41) is 4.55. The molecule has 1 aliphatic rings. The zero-order valence-electron chi connectivity index (χ0n) is 15.3. The minimum Gasteiger partial charge on any atom is -0.355 e. The van der Waals surface area contributed by atoms with Crippen LogP contribution in [0.25, 0.3) is 10.2 Å². The number of nitrogens with zero attached hydrogens (tertiary/aromatic N) is 2. The number of amides is 1. The normalized spacial score (nSPS) is 17.1. The van der Waals surface area contributed by atoms with Gasteiger partial charge in [-0.05, 0) is 49.1 Å². The molecule has 146 valence electrons. The number of fused-ring (bicyclic) bond motifs is 1. The molecule has 1 amide bonds. The number of hydrogen-bond acceptors (Lipinski definition) is 4. The summed E-state index contributed by atoms with van der Waals surface area (Å²) < 4.78 is 14.8. The number of anilines is 1. The van der Waals surface area contributed by atoms with Crippen LogP contribution < -0.4 is 10.2 Å². The lowest BCUT2D eigenvalue weighted by Crippen LogP contribution is -2.43. The molecular weight excluding hydrogens is 397 g/mol. The molecule has 1 aliphatic heterocycles. The minimum absolute atomic E-state index is 0.0733. The first kappa shape index (κ1) is 19.2. The number of benzene rings is 2. The van der Waals surface area contributed by atoms with Crippen LogP contribution in [0.1, 0.15) is 18.4 Å². The summed E-state index contributed by atoms with van der Waals surface area (Å²) in [4.78, 5) is 19.2. The molecule has 1 fully saturated rings. The molecule has 3 aromatic rings. The molecule has 2 heterocycles. The molecule has 2 aromatic carbocycles. The van der Waals surface area contributed by atoms with E-state index in [9.17, 15) is 9.18 Å². The minimum atomic E-state index is -0.298. The molecule has 1 saturated heterocycles. The van der Waals surface area contributed by atoms with Gasteiger partial charge in [0, 0.05) is 24.7 Å². The van der Waals surface area contributed by atoms with Crippen LogP contribution in [0.15, 0.2) is 42.5 Å². The number of halogens is 2. The van der Waals surface area contributed by atoms with Crippen LogP contribution in [-0.4, -0.2) is 30.5 Å². The summed E-state index contributed by atoms with van der Waals surface area (Å²) in [7, 11) is 0. The Morgan fingerprint density at radius 3 is 2.89 bits per heavy atom. The third-order valence-electron chi connectivity index (χ3n) is 5.05. The number of thiazole rings is 1. The van der Waals surface area contributed by atoms with E-state index in [0.29, 0.717) is 23.6 Å². The van der Waals surface area contributed by atoms with E-state index in [2.05, 4.69) is 15.2 Å². The highest BCUT2D eigenvalue weighted by Crippen LogP contribution is 2.32. The molecule has 0 aliphatic carbocycles. The van der Waals surface area contributed by atoms with Gasteiger partial charge in [-0.25, -0.2) is 9.37 Å². The van der Waals surface area contributed by atoms with E-state index in [1.54, 1.807) is 6.07 Å². The molecule has 1 N–H and O–H groups in total. The molecule has 4 rings (SSSR count). The van der Waals surface area contributed by atoms with Crippen molar-refractivity contribution < 1.29 is 9.18 Å². The van der Waals surface area contributed by atoms with Gasteiger partial charge in [0.15, 0.2) is 5.13 Å². The Hall–Kier alpha value is -2.18. The lowest BCUT2D eigenvalue weighted by molar-refractivity contribution is -0.125. The van der Waals surface area contributed by atoms with Crippen molar-refractivity contribution in [1.82, 2.24) is 10.3 Å². The van der Waals surface area contributed by atoms with E-state index >= 15 is 0 Å². The van der Waals surface area contributed by atoms with Crippen LogP contribution in [0.2, 0.25) is 5.02 Å². The second kappa shape index (κ2) is 8.45. The fourth-order valence-corrected chi connectivity index (χ4v) is 4.67. The van der Waals surface area contributed by atoms with E-state index in [1.165, 1.54) is 17.4 Å². The fraction of sp³-hybridized carbons (Fsp3) is 0.333. The van der Waals surface area contributed by atoms with Crippen molar-refractivity contribution in [3.05, 3.63) is 58.9 Å². The summed E-state index contributed by atoms with van der Waals surface area (Å²) in [6.07, 6.45) is 2.56. The van der Waals surface area contributed by atoms with E-state index in [0.717, 1.165) is 41.2 Å². The number of aromatic nitrogens is 1. The number of piperidine rings is 1. The molecule has 28 heavy (non-hydrogen) atoms. The Morgan fingerprint density at radius 2 is 2.11 bits per heavy atom. The first-order valence-corrected chi connectivity index (χ1v) is 10.6. The standard InChI is InChI=1S/C21H21ClFN3OS/c22-16-8-6-14(7-9-16)10-11-24-20(27)15-3-2-12-26(13-15)21-25-19-17(23)4-1-5-18(19)28-21/h1,4-9,15H,2-3,10-13H2,(H,24,27). The van der Waals surface area contributed by atoms with Crippen molar-refractivity contribution in [1.29, 1.82) is 0 Å². The van der Waals surface area contributed by atoms with Crippen molar-refractivity contribution in [2.75, 3.05) is 24.5 Å². The van der Waals surface area contributed by atoms with Crippen LogP contribution in [0, 0.1) is 11.7 Å². The van der Waals surface area contributed by atoms with Gasteiger partial charge in [-0.1, -0.05) is 41.1 Å². The summed E-state index contributed by atoms with van der Waals surface area (Å²) in [5.74, 6) is -0.296. The van der Waals surface area contributed by atoms with Crippen LogP contribution in [0.5, 0.6) is 0 Å². The Kier molecular flexibility index (Phi) is 5.78. The molecule has 4 nitrogen and oxygen atoms in total. The maximum atomic E-state index is 13.9. The SMILES string of the molecule is O=C(NCCc1ccc(Cl)cc1)C1CCCN(c2nc3c(F)cccc3s2)C1. The van der Waals surface area contributed by atoms with Gasteiger partial charge < -0.3 is 10.2 Å². The van der Waals surface area contributed by atoms with Gasteiger partial charge in [0.25, 0.3) is 0 Å². The first-order valence-electron chi connectivity index (χ1n) is 9.42. The highest BCUT2D eigenvalue weighted by atomic mass is 35.5. The van der Waals surface area contributed by atoms with Crippen LogP contribution in [0.3, 0.4) is 0 Å². The van der Waals surface area contributed by atoms with Gasteiger partial charge in [0.05, 0.1) is 10.6 Å². The van der Waals surface area contributed by atoms with Crippen molar-refractivity contribution >= 4 is 44.2 Å². The summed E-state index contributed by atoms with van der Waals surface area (Å²) in [6.45, 7) is 2.06. The summed E-state index contributed by atoms with van der Waals surface area (Å²) >= 11 is 7.38. The lowest BCUT2D eigenvalue weighted by Gasteiger charge is -2.31. The second-order valence-corrected chi connectivity index (χ2v) is 8.48. The molecule has 1 unspecified atom stereocenters. The third-order valence-corrected chi connectivity index (χ3v) is 6.38. The van der Waals surface area contributed by atoms with Gasteiger partial charge in [0.1, 0.15) is 11.3 Å². The van der Waals surface area contributed by atoms with E-state index in [1.807, 2.05) is 30.3 Å². The Bertz CT molecular complexity index is 975. The molecule has 7 heteroatoms. The van der Waals surface area contributed by atoms with Crippen molar-refractivity contribution in [2.24, 2.45) is 5.92 Å². The third kappa shape index (κ3) is 4.28. The predicted molar refractivity (Wildman–Crippen MR) is 113 cm³/mol. The molecule has 1 aromatic heterocycles. The molecule has 0 saturated carbocycles. The predicted octanol–water partition coefficient (Wildman–Crippen LogP) is 4.66. The molecule has 0 spiro atoms.